The third-order valence-electron chi connectivity index (χ3n) is 3.92. The van der Waals surface area contributed by atoms with Crippen molar-refractivity contribution in [3.8, 4) is 5.75 Å². The van der Waals surface area contributed by atoms with Crippen molar-refractivity contribution < 1.29 is 9.53 Å². The molecule has 0 fully saturated rings. The van der Waals surface area contributed by atoms with E-state index in [1.807, 2.05) is 42.5 Å². The van der Waals surface area contributed by atoms with E-state index in [1.165, 1.54) is 0 Å². The van der Waals surface area contributed by atoms with Gasteiger partial charge in [0.1, 0.15) is 11.9 Å². The number of anilines is 2. The van der Waals surface area contributed by atoms with Crippen molar-refractivity contribution in [2.24, 2.45) is 0 Å². The van der Waals surface area contributed by atoms with Crippen LogP contribution in [0.1, 0.15) is 0 Å². The van der Waals surface area contributed by atoms with Crippen LogP contribution in [-0.4, -0.2) is 35.4 Å². The Morgan fingerprint density at radius 3 is 3.12 bits per heavy atom. The van der Waals surface area contributed by atoms with Gasteiger partial charge in [-0.15, -0.1) is 0 Å². The number of H-pyrrole nitrogens is 1. The van der Waals surface area contributed by atoms with Crippen LogP contribution in [0.15, 0.2) is 48.7 Å². The molecule has 1 atom stereocenters. The fourth-order valence-corrected chi connectivity index (χ4v) is 2.72. The van der Waals surface area contributed by atoms with Gasteiger partial charge in [-0.3, -0.25) is 5.10 Å². The Labute approximate surface area is 138 Å². The van der Waals surface area contributed by atoms with Gasteiger partial charge in [0, 0.05) is 5.39 Å². The van der Waals surface area contributed by atoms with E-state index in [0.717, 1.165) is 22.3 Å². The molecule has 4 rings (SSSR count). The molecular formula is C17H17N5O2. The average molecular weight is 323 g/mol. The van der Waals surface area contributed by atoms with Gasteiger partial charge in [0.25, 0.3) is 0 Å². The molecule has 0 aliphatic carbocycles. The minimum absolute atomic E-state index is 0.115. The van der Waals surface area contributed by atoms with Gasteiger partial charge in [-0.1, -0.05) is 18.2 Å². The van der Waals surface area contributed by atoms with Crippen molar-refractivity contribution in [2.45, 2.75) is 6.10 Å². The number of rotatable bonds is 3. The highest BCUT2D eigenvalue weighted by Gasteiger charge is 2.19. The van der Waals surface area contributed by atoms with Gasteiger partial charge < -0.3 is 20.7 Å². The number of fused-ring (bicyclic) bond motifs is 2. The molecule has 1 aliphatic heterocycles. The van der Waals surface area contributed by atoms with Crippen LogP contribution in [0.3, 0.4) is 0 Å². The predicted octanol–water partition coefficient (Wildman–Crippen LogP) is 2.56. The number of urea groups is 1. The van der Waals surface area contributed by atoms with Crippen LogP contribution in [0, 0.1) is 0 Å². The first kappa shape index (κ1) is 14.4. The number of aromatic nitrogens is 2. The first-order valence-electron chi connectivity index (χ1n) is 7.76. The molecule has 4 N–H and O–H groups in total. The number of hydrogen-bond donors (Lipinski definition) is 4. The molecule has 2 aromatic carbocycles. The molecule has 0 bridgehead atoms. The van der Waals surface area contributed by atoms with Crippen LogP contribution >= 0.6 is 0 Å². The minimum Gasteiger partial charge on any atom is -0.485 e. The Bertz CT molecular complexity index is 876. The van der Waals surface area contributed by atoms with Crippen molar-refractivity contribution >= 4 is 28.3 Å². The maximum atomic E-state index is 12.1. The Balaban J connectivity index is 1.35. The normalized spacial score (nSPS) is 15.9. The van der Waals surface area contributed by atoms with Crippen LogP contribution in [0.5, 0.6) is 5.75 Å². The number of nitrogens with one attached hydrogen (secondary N) is 4. The summed E-state index contributed by atoms with van der Waals surface area (Å²) in [6, 6.07) is 13.1. The fourth-order valence-electron chi connectivity index (χ4n) is 2.72. The average Bonchev–Trinajstić information content (AvgIpc) is 3.10. The van der Waals surface area contributed by atoms with Crippen molar-refractivity contribution in [1.82, 2.24) is 15.5 Å². The summed E-state index contributed by atoms with van der Waals surface area (Å²) in [5.74, 6) is 0.805. The molecule has 2 amide bonds. The summed E-state index contributed by atoms with van der Waals surface area (Å²) in [5.41, 5.74) is 2.57. The number of carbonyl (C=O) groups is 1. The van der Waals surface area contributed by atoms with Gasteiger partial charge in [-0.2, -0.15) is 5.10 Å². The van der Waals surface area contributed by atoms with E-state index in [-0.39, 0.29) is 12.1 Å². The smallest absolute Gasteiger partial charge is 0.319 e. The zero-order chi connectivity index (χ0) is 16.4. The highest BCUT2D eigenvalue weighted by atomic mass is 16.5. The number of nitrogens with zero attached hydrogens (tertiary/aromatic N) is 1. The lowest BCUT2D eigenvalue weighted by atomic mass is 10.2. The molecule has 2 heterocycles. The van der Waals surface area contributed by atoms with E-state index in [4.69, 9.17) is 4.74 Å². The highest BCUT2D eigenvalue weighted by molar-refractivity contribution is 6.00. The van der Waals surface area contributed by atoms with Crippen LogP contribution in [0.4, 0.5) is 16.2 Å². The quantitative estimate of drug-likeness (QED) is 0.596. The molecule has 1 aromatic heterocycles. The number of para-hydroxylation sites is 2. The fraction of sp³-hybridized carbons (Fsp3) is 0.176. The number of benzene rings is 2. The molecule has 0 radical (unpaired) electrons. The van der Waals surface area contributed by atoms with E-state index in [1.54, 1.807) is 6.20 Å². The lowest BCUT2D eigenvalue weighted by molar-refractivity contribution is 0.200. The second-order valence-electron chi connectivity index (χ2n) is 5.59. The molecule has 122 valence electrons. The van der Waals surface area contributed by atoms with E-state index in [9.17, 15) is 4.79 Å². The molecule has 7 heteroatoms. The number of aromatic amines is 1. The van der Waals surface area contributed by atoms with Gasteiger partial charge in [0.05, 0.1) is 36.2 Å². The maximum absolute atomic E-state index is 12.1. The van der Waals surface area contributed by atoms with Crippen molar-refractivity contribution in [1.29, 1.82) is 0 Å². The van der Waals surface area contributed by atoms with E-state index >= 15 is 0 Å². The minimum atomic E-state index is -0.272. The SMILES string of the molecule is O=C(NCC1CNc2ccccc2O1)Nc1cccc2[nH]ncc12. The molecular weight excluding hydrogens is 306 g/mol. The number of amides is 2. The molecule has 0 saturated heterocycles. The van der Waals surface area contributed by atoms with Crippen LogP contribution in [0.25, 0.3) is 10.9 Å². The largest absolute Gasteiger partial charge is 0.485 e. The Morgan fingerprint density at radius 2 is 2.17 bits per heavy atom. The van der Waals surface area contributed by atoms with Crippen molar-refractivity contribution in [3.63, 3.8) is 0 Å². The Morgan fingerprint density at radius 1 is 1.25 bits per heavy atom. The predicted molar refractivity (Wildman–Crippen MR) is 92.5 cm³/mol. The molecule has 0 saturated carbocycles. The lowest BCUT2D eigenvalue weighted by Crippen LogP contribution is -2.42. The van der Waals surface area contributed by atoms with Crippen molar-refractivity contribution in [3.05, 3.63) is 48.7 Å². The van der Waals surface area contributed by atoms with E-state index in [2.05, 4.69) is 26.1 Å². The summed E-state index contributed by atoms with van der Waals surface area (Å²) < 4.78 is 5.87. The molecule has 1 unspecified atom stereocenters. The molecule has 24 heavy (non-hydrogen) atoms. The first-order valence-corrected chi connectivity index (χ1v) is 7.76. The number of hydrogen-bond acceptors (Lipinski definition) is 4. The molecule has 3 aromatic rings. The third kappa shape index (κ3) is 2.83. The lowest BCUT2D eigenvalue weighted by Gasteiger charge is -2.27. The van der Waals surface area contributed by atoms with Gasteiger partial charge in [0.2, 0.25) is 0 Å². The summed E-state index contributed by atoms with van der Waals surface area (Å²) in [6.07, 6.45) is 1.58. The van der Waals surface area contributed by atoms with Gasteiger partial charge in [0.15, 0.2) is 0 Å². The maximum Gasteiger partial charge on any atom is 0.319 e. The molecule has 7 nitrogen and oxygen atoms in total. The van der Waals surface area contributed by atoms with E-state index in [0.29, 0.717) is 18.8 Å². The van der Waals surface area contributed by atoms with Gasteiger partial charge in [-0.05, 0) is 24.3 Å². The molecule has 1 aliphatic rings. The highest BCUT2D eigenvalue weighted by Crippen LogP contribution is 2.28. The second kappa shape index (κ2) is 6.11. The van der Waals surface area contributed by atoms with Gasteiger partial charge >= 0.3 is 6.03 Å². The second-order valence-corrected chi connectivity index (χ2v) is 5.59. The first-order chi connectivity index (χ1) is 11.8. The monoisotopic (exact) mass is 323 g/mol. The van der Waals surface area contributed by atoms with E-state index < -0.39 is 0 Å². The number of carbonyl (C=O) groups excluding carboxylic acids is 1. The zero-order valence-electron chi connectivity index (χ0n) is 12.9. The van der Waals surface area contributed by atoms with Gasteiger partial charge in [-0.25, -0.2) is 4.79 Å². The summed E-state index contributed by atoms with van der Waals surface area (Å²) in [7, 11) is 0. The zero-order valence-corrected chi connectivity index (χ0v) is 12.9. The summed E-state index contributed by atoms with van der Waals surface area (Å²) >= 11 is 0. The van der Waals surface area contributed by atoms with Crippen LogP contribution in [-0.2, 0) is 0 Å². The molecule has 0 spiro atoms. The van der Waals surface area contributed by atoms with Crippen LogP contribution < -0.4 is 20.7 Å². The summed E-state index contributed by atoms with van der Waals surface area (Å²) in [6.45, 7) is 1.06. The third-order valence-corrected chi connectivity index (χ3v) is 3.92. The van der Waals surface area contributed by atoms with Crippen molar-refractivity contribution in [2.75, 3.05) is 23.7 Å². The standard InChI is InChI=1S/C17H17N5O2/c23-17(21-13-5-3-6-14-12(13)10-20-22-14)19-9-11-8-18-15-4-1-2-7-16(15)24-11/h1-7,10-11,18H,8-9H2,(H,20,22)(H2,19,21,23). The number of ether oxygens (including phenoxy) is 1. The Kier molecular flexibility index (Phi) is 3.66. The summed E-state index contributed by atoms with van der Waals surface area (Å²) in [4.78, 5) is 12.1. The summed E-state index contributed by atoms with van der Waals surface area (Å²) in [5, 5.41) is 16.7. The van der Waals surface area contributed by atoms with Crippen LogP contribution in [0.2, 0.25) is 0 Å². The Hall–Kier alpha value is -3.22. The topological polar surface area (TPSA) is 91.1 Å².